The van der Waals surface area contributed by atoms with Crippen molar-refractivity contribution in [2.24, 2.45) is 5.92 Å². The zero-order chi connectivity index (χ0) is 13.5. The van der Waals surface area contributed by atoms with E-state index in [4.69, 9.17) is 5.11 Å². The lowest BCUT2D eigenvalue weighted by molar-refractivity contribution is -0.137. The topological polar surface area (TPSA) is 69.6 Å². The van der Waals surface area contributed by atoms with Crippen LogP contribution in [0.3, 0.4) is 0 Å². The molecule has 104 valence electrons. The highest BCUT2D eigenvalue weighted by Crippen LogP contribution is 2.29. The second-order valence-electron chi connectivity index (χ2n) is 4.85. The van der Waals surface area contributed by atoms with E-state index in [9.17, 15) is 9.59 Å². The first-order valence-electron chi connectivity index (χ1n) is 6.29. The van der Waals surface area contributed by atoms with Gasteiger partial charge in [-0.25, -0.2) is 4.79 Å². The molecule has 1 aliphatic rings. The third-order valence-electron chi connectivity index (χ3n) is 2.91. The van der Waals surface area contributed by atoms with Crippen molar-refractivity contribution in [2.75, 3.05) is 25.1 Å². The van der Waals surface area contributed by atoms with Crippen molar-refractivity contribution in [3.8, 4) is 0 Å². The Kier molecular flexibility index (Phi) is 6.32. The maximum Gasteiger partial charge on any atom is 0.323 e. The third-order valence-corrected chi connectivity index (χ3v) is 3.56. The van der Waals surface area contributed by atoms with Gasteiger partial charge in [0.2, 0.25) is 0 Å². The van der Waals surface area contributed by atoms with Gasteiger partial charge in [0, 0.05) is 12.6 Å². The fourth-order valence-electron chi connectivity index (χ4n) is 1.66. The van der Waals surface area contributed by atoms with E-state index in [0.717, 1.165) is 25.0 Å². The van der Waals surface area contributed by atoms with Gasteiger partial charge >= 0.3 is 12.0 Å². The lowest BCUT2D eigenvalue weighted by Crippen LogP contribution is -2.46. The highest BCUT2D eigenvalue weighted by molar-refractivity contribution is 7.98. The van der Waals surface area contributed by atoms with E-state index < -0.39 is 5.97 Å². The van der Waals surface area contributed by atoms with Crippen molar-refractivity contribution in [2.45, 2.75) is 32.2 Å². The van der Waals surface area contributed by atoms with Crippen LogP contribution in [0.25, 0.3) is 0 Å². The normalized spacial score (nSPS) is 16.1. The Morgan fingerprint density at radius 3 is 2.67 bits per heavy atom. The maximum absolute atomic E-state index is 12.0. The fraction of sp³-hybridized carbons (Fsp3) is 0.833. The summed E-state index contributed by atoms with van der Waals surface area (Å²) in [6.07, 6.45) is 5.13. The van der Waals surface area contributed by atoms with Crippen LogP contribution in [0.15, 0.2) is 0 Å². The van der Waals surface area contributed by atoms with Crippen molar-refractivity contribution in [3.63, 3.8) is 0 Å². The number of carboxylic acids is 1. The van der Waals surface area contributed by atoms with Crippen LogP contribution in [-0.4, -0.2) is 53.1 Å². The van der Waals surface area contributed by atoms with Crippen LogP contribution in [0, 0.1) is 5.92 Å². The average Bonchev–Trinajstić information content (AvgIpc) is 3.08. The quantitative estimate of drug-likeness (QED) is 0.706. The van der Waals surface area contributed by atoms with Gasteiger partial charge in [-0.3, -0.25) is 4.79 Å². The standard InChI is InChI=1S/C12H22N2O3S/c1-9(5-6-18-2)13-12(17)14(8-11(15)16)7-10-3-4-10/h9-10H,3-8H2,1-2H3,(H,13,17)(H,15,16). The number of urea groups is 1. The molecule has 6 heteroatoms. The van der Waals surface area contributed by atoms with Crippen LogP contribution < -0.4 is 5.32 Å². The summed E-state index contributed by atoms with van der Waals surface area (Å²) in [7, 11) is 0. The minimum atomic E-state index is -0.956. The van der Waals surface area contributed by atoms with Crippen molar-refractivity contribution >= 4 is 23.8 Å². The van der Waals surface area contributed by atoms with E-state index in [1.54, 1.807) is 11.8 Å². The molecule has 1 fully saturated rings. The molecule has 18 heavy (non-hydrogen) atoms. The number of nitrogens with zero attached hydrogens (tertiary/aromatic N) is 1. The summed E-state index contributed by atoms with van der Waals surface area (Å²) in [5, 5.41) is 11.7. The highest BCUT2D eigenvalue weighted by Gasteiger charge is 2.28. The van der Waals surface area contributed by atoms with Crippen LogP contribution in [0.4, 0.5) is 4.79 Å². The minimum Gasteiger partial charge on any atom is -0.480 e. The van der Waals surface area contributed by atoms with Crippen molar-refractivity contribution in [1.82, 2.24) is 10.2 Å². The largest absolute Gasteiger partial charge is 0.480 e. The number of nitrogens with one attached hydrogen (secondary N) is 1. The lowest BCUT2D eigenvalue weighted by atomic mass is 10.2. The number of rotatable bonds is 8. The van der Waals surface area contributed by atoms with Gasteiger partial charge < -0.3 is 15.3 Å². The summed E-state index contributed by atoms with van der Waals surface area (Å²) in [6, 6.07) is -0.168. The average molecular weight is 274 g/mol. The molecular formula is C12H22N2O3S. The van der Waals surface area contributed by atoms with Gasteiger partial charge in [-0.05, 0) is 44.1 Å². The van der Waals surface area contributed by atoms with E-state index in [0.29, 0.717) is 12.5 Å². The molecule has 5 nitrogen and oxygen atoms in total. The van der Waals surface area contributed by atoms with E-state index >= 15 is 0 Å². The van der Waals surface area contributed by atoms with Gasteiger partial charge in [0.25, 0.3) is 0 Å². The summed E-state index contributed by atoms with van der Waals surface area (Å²) in [5.74, 6) is 0.530. The molecule has 0 saturated heterocycles. The summed E-state index contributed by atoms with van der Waals surface area (Å²) in [4.78, 5) is 24.1. The summed E-state index contributed by atoms with van der Waals surface area (Å²) in [6.45, 7) is 2.30. The molecular weight excluding hydrogens is 252 g/mol. The first kappa shape index (κ1) is 15.1. The summed E-state index contributed by atoms with van der Waals surface area (Å²) in [5.41, 5.74) is 0. The predicted molar refractivity (Wildman–Crippen MR) is 72.9 cm³/mol. The summed E-state index contributed by atoms with van der Waals surface area (Å²) < 4.78 is 0. The lowest BCUT2D eigenvalue weighted by Gasteiger charge is -2.23. The Bertz CT molecular complexity index is 295. The zero-order valence-electron chi connectivity index (χ0n) is 11.0. The van der Waals surface area contributed by atoms with Crippen LogP contribution in [-0.2, 0) is 4.79 Å². The molecule has 0 heterocycles. The Morgan fingerprint density at radius 2 is 2.17 bits per heavy atom. The Labute approximate surface area is 112 Å². The van der Waals surface area contributed by atoms with Crippen LogP contribution in [0.1, 0.15) is 26.2 Å². The van der Waals surface area contributed by atoms with Crippen molar-refractivity contribution in [1.29, 1.82) is 0 Å². The number of aliphatic carboxylic acids is 1. The number of carboxylic acid groups (broad SMARTS) is 1. The molecule has 0 aliphatic heterocycles. The predicted octanol–water partition coefficient (Wildman–Crippen LogP) is 1.63. The van der Waals surface area contributed by atoms with Crippen molar-refractivity contribution < 1.29 is 14.7 Å². The van der Waals surface area contributed by atoms with Crippen LogP contribution >= 0.6 is 11.8 Å². The number of amides is 2. The number of carbonyl (C=O) groups is 2. The monoisotopic (exact) mass is 274 g/mol. The molecule has 0 aromatic carbocycles. The molecule has 2 amide bonds. The van der Waals surface area contributed by atoms with Gasteiger partial charge in [0.05, 0.1) is 0 Å². The van der Waals surface area contributed by atoms with E-state index in [1.165, 1.54) is 4.90 Å². The van der Waals surface area contributed by atoms with Gasteiger partial charge in [0.1, 0.15) is 6.54 Å². The van der Waals surface area contributed by atoms with Gasteiger partial charge in [-0.15, -0.1) is 0 Å². The number of carbonyl (C=O) groups excluding carboxylic acids is 1. The molecule has 1 atom stereocenters. The van der Waals surface area contributed by atoms with Crippen LogP contribution in [0.2, 0.25) is 0 Å². The molecule has 1 saturated carbocycles. The Hall–Kier alpha value is -0.910. The Morgan fingerprint density at radius 1 is 1.50 bits per heavy atom. The molecule has 1 rings (SSSR count). The summed E-state index contributed by atoms with van der Waals surface area (Å²) >= 11 is 1.74. The number of hydrogen-bond acceptors (Lipinski definition) is 3. The molecule has 0 aromatic heterocycles. The molecule has 0 spiro atoms. The second-order valence-corrected chi connectivity index (χ2v) is 5.84. The van der Waals surface area contributed by atoms with E-state index in [1.807, 2.05) is 13.2 Å². The third kappa shape index (κ3) is 6.14. The van der Waals surface area contributed by atoms with Gasteiger partial charge in [-0.2, -0.15) is 11.8 Å². The number of thioether (sulfide) groups is 1. The van der Waals surface area contributed by atoms with Gasteiger partial charge in [-0.1, -0.05) is 0 Å². The minimum absolute atomic E-state index is 0.0837. The number of hydrogen-bond donors (Lipinski definition) is 2. The highest BCUT2D eigenvalue weighted by atomic mass is 32.2. The molecule has 0 bridgehead atoms. The molecule has 0 radical (unpaired) electrons. The fourth-order valence-corrected chi connectivity index (χ4v) is 2.25. The zero-order valence-corrected chi connectivity index (χ0v) is 11.8. The molecule has 1 unspecified atom stereocenters. The molecule has 1 aliphatic carbocycles. The molecule has 2 N–H and O–H groups in total. The van der Waals surface area contributed by atoms with Crippen molar-refractivity contribution in [3.05, 3.63) is 0 Å². The Balaban J connectivity index is 2.39. The SMILES string of the molecule is CSCCC(C)NC(=O)N(CC(=O)O)CC1CC1. The first-order valence-corrected chi connectivity index (χ1v) is 7.68. The maximum atomic E-state index is 12.0. The molecule has 0 aromatic rings. The second kappa shape index (κ2) is 7.51. The van der Waals surface area contributed by atoms with Gasteiger partial charge in [0.15, 0.2) is 0 Å². The van der Waals surface area contributed by atoms with E-state index in [2.05, 4.69) is 5.32 Å². The first-order chi connectivity index (χ1) is 8.52. The smallest absolute Gasteiger partial charge is 0.323 e. The van der Waals surface area contributed by atoms with Crippen LogP contribution in [0.5, 0.6) is 0 Å². The van der Waals surface area contributed by atoms with E-state index in [-0.39, 0.29) is 18.6 Å².